The molecule has 1 heterocycles. The second-order valence-corrected chi connectivity index (χ2v) is 8.15. The summed E-state index contributed by atoms with van der Waals surface area (Å²) in [6.07, 6.45) is 1.74. The van der Waals surface area contributed by atoms with Crippen molar-refractivity contribution in [3.05, 3.63) is 99.8 Å². The van der Waals surface area contributed by atoms with Gasteiger partial charge in [-0.15, -0.1) is 6.58 Å². The van der Waals surface area contributed by atoms with Gasteiger partial charge in [-0.05, 0) is 35.4 Å². The number of carbonyl (C=O) groups is 1. The van der Waals surface area contributed by atoms with Crippen LogP contribution >= 0.6 is 34.5 Å². The van der Waals surface area contributed by atoms with E-state index in [-0.39, 0.29) is 5.91 Å². The molecule has 4 rings (SSSR count). The lowest BCUT2D eigenvalue weighted by Gasteiger charge is -2.04. The van der Waals surface area contributed by atoms with Gasteiger partial charge in [-0.25, -0.2) is 0 Å². The van der Waals surface area contributed by atoms with Gasteiger partial charge in [-0.3, -0.25) is 4.79 Å². The zero-order valence-corrected chi connectivity index (χ0v) is 17.6. The van der Waals surface area contributed by atoms with Crippen LogP contribution in [-0.4, -0.2) is 10.5 Å². The van der Waals surface area contributed by atoms with Crippen LogP contribution in [0.15, 0.2) is 84.4 Å². The van der Waals surface area contributed by atoms with Crippen molar-refractivity contribution in [2.45, 2.75) is 6.54 Å². The second kappa shape index (κ2) is 8.37. The number of hydrogen-bond donors (Lipinski definition) is 0. The lowest BCUT2D eigenvalue weighted by molar-refractivity contribution is 0.0998. The summed E-state index contributed by atoms with van der Waals surface area (Å²) in [7, 11) is 0. The molecule has 0 fully saturated rings. The van der Waals surface area contributed by atoms with Crippen LogP contribution in [0.25, 0.3) is 21.3 Å². The highest BCUT2D eigenvalue weighted by atomic mass is 35.5. The van der Waals surface area contributed by atoms with E-state index in [0.717, 1.165) is 21.3 Å². The summed E-state index contributed by atoms with van der Waals surface area (Å²) in [4.78, 5) is 17.7. The molecule has 3 aromatic carbocycles. The zero-order valence-electron chi connectivity index (χ0n) is 15.3. The van der Waals surface area contributed by atoms with E-state index in [1.807, 2.05) is 53.1 Å². The van der Waals surface area contributed by atoms with E-state index >= 15 is 0 Å². The van der Waals surface area contributed by atoms with E-state index in [0.29, 0.717) is 27.0 Å². The van der Waals surface area contributed by atoms with Crippen molar-refractivity contribution in [2.24, 2.45) is 4.99 Å². The summed E-state index contributed by atoms with van der Waals surface area (Å²) in [6.45, 7) is 4.26. The van der Waals surface area contributed by atoms with Crippen molar-refractivity contribution in [1.82, 2.24) is 4.57 Å². The van der Waals surface area contributed by atoms with Gasteiger partial charge in [0.2, 0.25) is 0 Å². The quantitative estimate of drug-likeness (QED) is 0.330. The third-order valence-electron chi connectivity index (χ3n) is 4.48. The molecule has 144 valence electrons. The van der Waals surface area contributed by atoms with Crippen LogP contribution in [0.2, 0.25) is 10.0 Å². The third kappa shape index (κ3) is 3.92. The topological polar surface area (TPSA) is 34.4 Å². The van der Waals surface area contributed by atoms with Crippen LogP contribution < -0.4 is 4.80 Å². The van der Waals surface area contributed by atoms with Crippen molar-refractivity contribution in [2.75, 3.05) is 0 Å². The van der Waals surface area contributed by atoms with E-state index in [9.17, 15) is 4.79 Å². The Morgan fingerprint density at radius 2 is 1.69 bits per heavy atom. The number of nitrogens with zero attached hydrogens (tertiary/aromatic N) is 2. The Bertz CT molecular complexity index is 1270. The Kier molecular flexibility index (Phi) is 5.67. The number of carbonyl (C=O) groups excluding carboxylic acids is 1. The van der Waals surface area contributed by atoms with E-state index in [1.54, 1.807) is 24.3 Å². The minimum Gasteiger partial charge on any atom is -0.311 e. The Hall–Kier alpha value is -2.66. The highest BCUT2D eigenvalue weighted by Gasteiger charge is 2.13. The number of amides is 1. The van der Waals surface area contributed by atoms with Crippen LogP contribution in [0.1, 0.15) is 10.4 Å². The van der Waals surface area contributed by atoms with E-state index in [1.165, 1.54) is 11.3 Å². The molecule has 0 bridgehead atoms. The van der Waals surface area contributed by atoms with E-state index in [2.05, 4.69) is 11.6 Å². The minimum atomic E-state index is -0.309. The van der Waals surface area contributed by atoms with Crippen molar-refractivity contribution in [3.8, 4) is 11.1 Å². The first-order valence-corrected chi connectivity index (χ1v) is 10.5. The van der Waals surface area contributed by atoms with Gasteiger partial charge in [0.05, 0.1) is 20.3 Å². The summed E-state index contributed by atoms with van der Waals surface area (Å²) in [6, 6.07) is 21.1. The standard InChI is InChI=1S/C23H16Cl2N2OS/c1-2-14-27-21-19(13-12-18(24)20(21)25)29-23(27)26-22(28)17-10-8-16(9-11-17)15-6-4-3-5-7-15/h2-13H,1,14H2. The molecule has 0 aliphatic rings. The summed E-state index contributed by atoms with van der Waals surface area (Å²) >= 11 is 14.0. The Morgan fingerprint density at radius 1 is 1.00 bits per heavy atom. The normalized spacial score (nSPS) is 11.7. The van der Waals surface area contributed by atoms with Crippen molar-refractivity contribution in [3.63, 3.8) is 0 Å². The Balaban J connectivity index is 1.75. The van der Waals surface area contributed by atoms with Crippen LogP contribution in [0.3, 0.4) is 0 Å². The van der Waals surface area contributed by atoms with Gasteiger partial charge in [0, 0.05) is 12.1 Å². The van der Waals surface area contributed by atoms with Gasteiger partial charge in [-0.1, -0.05) is 83.1 Å². The molecule has 29 heavy (non-hydrogen) atoms. The van der Waals surface area contributed by atoms with Crippen molar-refractivity contribution in [1.29, 1.82) is 0 Å². The van der Waals surface area contributed by atoms with E-state index in [4.69, 9.17) is 23.2 Å². The molecule has 6 heteroatoms. The summed E-state index contributed by atoms with van der Waals surface area (Å²) < 4.78 is 2.77. The third-order valence-corrected chi connectivity index (χ3v) is 6.32. The largest absolute Gasteiger partial charge is 0.311 e. The average molecular weight is 439 g/mol. The van der Waals surface area contributed by atoms with E-state index < -0.39 is 0 Å². The zero-order chi connectivity index (χ0) is 20.4. The molecule has 4 aromatic rings. The maximum atomic E-state index is 12.8. The van der Waals surface area contributed by atoms with Crippen molar-refractivity contribution >= 4 is 50.7 Å². The monoisotopic (exact) mass is 438 g/mol. The Labute approximate surface area is 182 Å². The van der Waals surface area contributed by atoms with Gasteiger partial charge in [0.1, 0.15) is 0 Å². The molecule has 3 nitrogen and oxygen atoms in total. The highest BCUT2D eigenvalue weighted by molar-refractivity contribution is 7.16. The number of thiazole rings is 1. The van der Waals surface area contributed by atoms with Crippen LogP contribution in [0.5, 0.6) is 0 Å². The summed E-state index contributed by atoms with van der Waals surface area (Å²) in [5.41, 5.74) is 3.43. The van der Waals surface area contributed by atoms with Gasteiger partial charge in [0.15, 0.2) is 4.80 Å². The fraction of sp³-hybridized carbons (Fsp3) is 0.0435. The fourth-order valence-electron chi connectivity index (χ4n) is 3.07. The lowest BCUT2D eigenvalue weighted by atomic mass is 10.0. The maximum absolute atomic E-state index is 12.8. The number of aromatic nitrogens is 1. The molecular formula is C23H16Cl2N2OS. The first-order valence-electron chi connectivity index (χ1n) is 8.91. The van der Waals surface area contributed by atoms with Gasteiger partial charge >= 0.3 is 0 Å². The van der Waals surface area contributed by atoms with Gasteiger partial charge < -0.3 is 4.57 Å². The van der Waals surface area contributed by atoms with Crippen LogP contribution in [0, 0.1) is 0 Å². The van der Waals surface area contributed by atoms with Crippen LogP contribution in [-0.2, 0) is 6.54 Å². The minimum absolute atomic E-state index is 0.309. The predicted octanol–water partition coefficient (Wildman–Crippen LogP) is 6.60. The number of halogens is 2. The molecule has 0 saturated carbocycles. The average Bonchev–Trinajstić information content (AvgIpc) is 3.09. The smallest absolute Gasteiger partial charge is 0.279 e. The van der Waals surface area contributed by atoms with Crippen molar-refractivity contribution < 1.29 is 4.79 Å². The maximum Gasteiger partial charge on any atom is 0.279 e. The Morgan fingerprint density at radius 3 is 2.38 bits per heavy atom. The summed E-state index contributed by atoms with van der Waals surface area (Å²) in [5.74, 6) is -0.309. The van der Waals surface area contributed by atoms with Gasteiger partial charge in [-0.2, -0.15) is 4.99 Å². The number of allylic oxidation sites excluding steroid dienone is 1. The number of fused-ring (bicyclic) bond motifs is 1. The number of hydrogen-bond acceptors (Lipinski definition) is 2. The predicted molar refractivity (Wildman–Crippen MR) is 122 cm³/mol. The number of benzene rings is 3. The molecule has 0 saturated heterocycles. The molecule has 1 aromatic heterocycles. The van der Waals surface area contributed by atoms with Gasteiger partial charge in [0.25, 0.3) is 5.91 Å². The summed E-state index contributed by atoms with van der Waals surface area (Å²) in [5, 5.41) is 0.910. The molecule has 0 radical (unpaired) electrons. The second-order valence-electron chi connectivity index (χ2n) is 6.35. The fourth-order valence-corrected chi connectivity index (χ4v) is 4.60. The molecule has 0 aliphatic heterocycles. The molecule has 0 atom stereocenters. The molecule has 1 amide bonds. The molecule has 0 N–H and O–H groups in total. The molecule has 0 aliphatic carbocycles. The highest BCUT2D eigenvalue weighted by Crippen LogP contribution is 2.32. The molecule has 0 unspecified atom stereocenters. The SMILES string of the molecule is C=CCn1c(=NC(=O)c2ccc(-c3ccccc3)cc2)sc2ccc(Cl)c(Cl)c21. The lowest BCUT2D eigenvalue weighted by Crippen LogP contribution is -2.16. The number of rotatable bonds is 4. The molecule has 0 spiro atoms. The van der Waals surface area contributed by atoms with Crippen LogP contribution in [0.4, 0.5) is 0 Å². The first-order chi connectivity index (χ1) is 14.1. The molecular weight excluding hydrogens is 423 g/mol. The first kappa shape index (κ1) is 19.6.